The Morgan fingerprint density at radius 3 is 2.47 bits per heavy atom. The highest BCUT2D eigenvalue weighted by Gasteiger charge is 2.49. The normalized spacial score (nSPS) is 39.9. The Labute approximate surface area is 115 Å². The summed E-state index contributed by atoms with van der Waals surface area (Å²) in [7, 11) is 1.98. The first-order valence-electron chi connectivity index (χ1n) is 7.87. The molecule has 0 amide bonds. The van der Waals surface area contributed by atoms with Crippen LogP contribution in [0.4, 0.5) is 0 Å². The van der Waals surface area contributed by atoms with Crippen LogP contribution < -0.4 is 5.32 Å². The fourth-order valence-electron chi connectivity index (χ4n) is 5.14. The first-order chi connectivity index (χ1) is 9.33. The first-order valence-corrected chi connectivity index (χ1v) is 7.87. The van der Waals surface area contributed by atoms with Crippen LogP contribution in [0.25, 0.3) is 0 Å². The highest BCUT2D eigenvalue weighted by molar-refractivity contribution is 5.09. The first kappa shape index (κ1) is 11.9. The van der Waals surface area contributed by atoms with Gasteiger partial charge in [0.15, 0.2) is 5.82 Å². The molecule has 4 fully saturated rings. The van der Waals surface area contributed by atoms with Crippen molar-refractivity contribution in [3.05, 3.63) is 12.2 Å². The Kier molecular flexibility index (Phi) is 2.87. The van der Waals surface area contributed by atoms with E-state index in [1.54, 1.807) is 0 Å². The molecule has 1 heterocycles. The Balaban J connectivity index is 1.54. The van der Waals surface area contributed by atoms with Crippen LogP contribution in [-0.4, -0.2) is 28.4 Å². The molecule has 4 heteroatoms. The predicted molar refractivity (Wildman–Crippen MR) is 73.7 cm³/mol. The Morgan fingerprint density at radius 2 is 1.84 bits per heavy atom. The molecule has 19 heavy (non-hydrogen) atoms. The van der Waals surface area contributed by atoms with Crippen LogP contribution in [0.3, 0.4) is 0 Å². The van der Waals surface area contributed by atoms with E-state index >= 15 is 0 Å². The monoisotopic (exact) mass is 260 g/mol. The van der Waals surface area contributed by atoms with Crippen LogP contribution >= 0.6 is 0 Å². The highest BCUT2D eigenvalue weighted by Crippen LogP contribution is 2.59. The van der Waals surface area contributed by atoms with E-state index in [1.165, 1.54) is 32.1 Å². The number of hydrogen-bond donors (Lipinski definition) is 1. The number of likely N-dealkylation sites (N-methyl/N-ethyl adjacent to an activating group) is 1. The average Bonchev–Trinajstić information content (AvgIpc) is 2.83. The molecule has 1 aromatic heterocycles. The van der Waals surface area contributed by atoms with Crippen LogP contribution in [0.1, 0.15) is 43.8 Å². The van der Waals surface area contributed by atoms with Gasteiger partial charge < -0.3 is 5.32 Å². The minimum atomic E-state index is 0.670. The van der Waals surface area contributed by atoms with E-state index in [2.05, 4.69) is 10.3 Å². The van der Waals surface area contributed by atoms with Crippen LogP contribution in [0.5, 0.6) is 0 Å². The summed E-state index contributed by atoms with van der Waals surface area (Å²) in [6, 6.07) is 0. The zero-order valence-electron chi connectivity index (χ0n) is 11.8. The quantitative estimate of drug-likeness (QED) is 0.901. The molecular formula is C15H24N4. The third kappa shape index (κ3) is 2.00. The van der Waals surface area contributed by atoms with Gasteiger partial charge in [-0.2, -0.15) is 5.10 Å². The van der Waals surface area contributed by atoms with Crippen LogP contribution in [0.15, 0.2) is 6.33 Å². The molecule has 4 bridgehead atoms. The molecule has 0 aromatic carbocycles. The molecular weight excluding hydrogens is 236 g/mol. The van der Waals surface area contributed by atoms with Crippen molar-refractivity contribution in [1.29, 1.82) is 0 Å². The number of hydrogen-bond acceptors (Lipinski definition) is 3. The van der Waals surface area contributed by atoms with Crippen molar-refractivity contribution in [1.82, 2.24) is 20.1 Å². The lowest BCUT2D eigenvalue weighted by molar-refractivity contribution is -0.00568. The molecule has 4 aliphatic carbocycles. The Bertz CT molecular complexity index is 425. The molecule has 1 aromatic rings. The summed E-state index contributed by atoms with van der Waals surface area (Å²) in [5, 5.41) is 7.93. The average molecular weight is 260 g/mol. The second-order valence-corrected chi connectivity index (χ2v) is 6.93. The summed E-state index contributed by atoms with van der Waals surface area (Å²) in [6.45, 7) is 1.89. The van der Waals surface area contributed by atoms with Gasteiger partial charge in [-0.1, -0.05) is 0 Å². The lowest BCUT2D eigenvalue weighted by atomic mass is 9.52. The lowest BCUT2D eigenvalue weighted by Gasteiger charge is -2.53. The van der Waals surface area contributed by atoms with Gasteiger partial charge in [0.2, 0.25) is 0 Å². The van der Waals surface area contributed by atoms with E-state index in [4.69, 9.17) is 5.10 Å². The molecule has 0 spiro atoms. The van der Waals surface area contributed by atoms with Crippen LogP contribution in [0, 0.1) is 23.7 Å². The van der Waals surface area contributed by atoms with E-state index in [1.807, 2.05) is 18.1 Å². The number of nitrogens with zero attached hydrogens (tertiary/aromatic N) is 3. The zero-order valence-corrected chi connectivity index (χ0v) is 11.8. The summed E-state index contributed by atoms with van der Waals surface area (Å²) in [4.78, 5) is 4.64. The molecule has 0 aliphatic heterocycles. The van der Waals surface area contributed by atoms with Gasteiger partial charge in [0, 0.05) is 12.5 Å². The van der Waals surface area contributed by atoms with Crippen LogP contribution in [0.2, 0.25) is 0 Å². The Morgan fingerprint density at radius 1 is 1.16 bits per heavy atom. The van der Waals surface area contributed by atoms with E-state index in [0.717, 1.165) is 42.6 Å². The number of aromatic nitrogens is 3. The minimum Gasteiger partial charge on any atom is -0.318 e. The predicted octanol–water partition coefficient (Wildman–Crippen LogP) is 2.04. The minimum absolute atomic E-state index is 0.670. The van der Waals surface area contributed by atoms with Gasteiger partial charge in [0.05, 0.1) is 6.54 Å². The van der Waals surface area contributed by atoms with E-state index in [-0.39, 0.29) is 0 Å². The summed E-state index contributed by atoms with van der Waals surface area (Å²) >= 11 is 0. The standard InChI is InChI=1S/C15H24N4/c1-16-2-3-19-9-17-15(18-19)14-12-5-10-4-11(7-12)8-13(14)6-10/h9-14,16H,2-8H2,1H3. The molecule has 104 valence electrons. The molecule has 0 unspecified atom stereocenters. The van der Waals surface area contributed by atoms with Crippen molar-refractivity contribution in [3.8, 4) is 0 Å². The zero-order chi connectivity index (χ0) is 12.8. The van der Waals surface area contributed by atoms with Gasteiger partial charge in [0.25, 0.3) is 0 Å². The Hall–Kier alpha value is -0.900. The third-order valence-electron chi connectivity index (χ3n) is 5.67. The van der Waals surface area contributed by atoms with Gasteiger partial charge in [-0.3, -0.25) is 4.68 Å². The van der Waals surface area contributed by atoms with E-state index in [0.29, 0.717) is 5.92 Å². The molecule has 0 saturated heterocycles. The topological polar surface area (TPSA) is 42.7 Å². The van der Waals surface area contributed by atoms with Crippen molar-refractivity contribution >= 4 is 0 Å². The molecule has 1 N–H and O–H groups in total. The van der Waals surface area contributed by atoms with E-state index < -0.39 is 0 Å². The van der Waals surface area contributed by atoms with Crippen molar-refractivity contribution in [3.63, 3.8) is 0 Å². The largest absolute Gasteiger partial charge is 0.318 e. The molecule has 5 rings (SSSR count). The van der Waals surface area contributed by atoms with E-state index in [9.17, 15) is 0 Å². The number of rotatable bonds is 4. The fraction of sp³-hybridized carbons (Fsp3) is 0.867. The van der Waals surface area contributed by atoms with Crippen molar-refractivity contribution < 1.29 is 0 Å². The van der Waals surface area contributed by atoms with Crippen molar-refractivity contribution in [2.24, 2.45) is 23.7 Å². The lowest BCUT2D eigenvalue weighted by Crippen LogP contribution is -2.44. The number of nitrogens with one attached hydrogen (secondary N) is 1. The second-order valence-electron chi connectivity index (χ2n) is 6.93. The van der Waals surface area contributed by atoms with Gasteiger partial charge in [0.1, 0.15) is 6.33 Å². The van der Waals surface area contributed by atoms with Crippen LogP contribution in [-0.2, 0) is 6.54 Å². The highest BCUT2D eigenvalue weighted by atomic mass is 15.3. The SMILES string of the molecule is CNCCn1cnc(C2C3CC4CC(C3)CC2C4)n1. The van der Waals surface area contributed by atoms with Gasteiger partial charge >= 0.3 is 0 Å². The van der Waals surface area contributed by atoms with Gasteiger partial charge in [-0.05, 0) is 62.8 Å². The molecule has 0 atom stereocenters. The second kappa shape index (κ2) is 4.58. The van der Waals surface area contributed by atoms with Crippen molar-refractivity contribution in [2.45, 2.75) is 44.6 Å². The van der Waals surface area contributed by atoms with Gasteiger partial charge in [-0.15, -0.1) is 0 Å². The fourth-order valence-corrected chi connectivity index (χ4v) is 5.14. The summed E-state index contributed by atoms with van der Waals surface area (Å²) in [5.74, 6) is 5.65. The molecule has 4 aliphatic rings. The molecule has 4 saturated carbocycles. The molecule has 4 nitrogen and oxygen atoms in total. The van der Waals surface area contributed by atoms with Gasteiger partial charge in [-0.25, -0.2) is 4.98 Å². The third-order valence-corrected chi connectivity index (χ3v) is 5.67. The summed E-state index contributed by atoms with van der Waals surface area (Å²) < 4.78 is 2.01. The smallest absolute Gasteiger partial charge is 0.154 e. The van der Waals surface area contributed by atoms with Crippen molar-refractivity contribution in [2.75, 3.05) is 13.6 Å². The molecule has 0 radical (unpaired) electrons. The maximum absolute atomic E-state index is 4.76. The summed E-state index contributed by atoms with van der Waals surface area (Å²) in [6.07, 6.45) is 9.23. The maximum atomic E-state index is 4.76. The summed E-state index contributed by atoms with van der Waals surface area (Å²) in [5.41, 5.74) is 0. The maximum Gasteiger partial charge on any atom is 0.154 e.